The summed E-state index contributed by atoms with van der Waals surface area (Å²) in [6, 6.07) is 3.19. The first-order valence-electron chi connectivity index (χ1n) is 4.00. The third-order valence-electron chi connectivity index (χ3n) is 2.12. The van der Waals surface area contributed by atoms with Crippen LogP contribution in [-0.4, -0.2) is 24.9 Å². The Balaban J connectivity index is 3.27. The minimum absolute atomic E-state index is 0.258. The van der Waals surface area contributed by atoms with Crippen molar-refractivity contribution in [3.8, 4) is 0 Å². The zero-order chi connectivity index (χ0) is 10.8. The Bertz CT molecular complexity index is 405. The number of aliphatic hydroxyl groups is 1. The van der Waals surface area contributed by atoms with E-state index in [1.165, 1.54) is 19.1 Å². The molecule has 0 aromatic carbocycles. The van der Waals surface area contributed by atoms with Gasteiger partial charge in [0.1, 0.15) is 8.96 Å². The van der Waals surface area contributed by atoms with Crippen LogP contribution in [0.4, 0.5) is 0 Å². The van der Waals surface area contributed by atoms with E-state index in [1.807, 2.05) is 0 Å². The molecule has 1 heterocycles. The molecule has 0 saturated heterocycles. The van der Waals surface area contributed by atoms with Crippen LogP contribution in [0.3, 0.4) is 0 Å². The van der Waals surface area contributed by atoms with Crippen molar-refractivity contribution in [2.45, 2.75) is 15.9 Å². The molecule has 0 fully saturated rings. The SMILES string of the molecule is C=C[C@@](C)(CO)S(=O)(=O)c1cccs1. The molecule has 1 aromatic heterocycles. The van der Waals surface area contributed by atoms with Gasteiger partial charge in [0.25, 0.3) is 0 Å². The minimum atomic E-state index is -3.51. The van der Waals surface area contributed by atoms with Crippen LogP contribution in [0.15, 0.2) is 34.4 Å². The number of aliphatic hydroxyl groups excluding tert-OH is 1. The number of thiophene rings is 1. The van der Waals surface area contributed by atoms with Gasteiger partial charge in [0.2, 0.25) is 0 Å². The normalized spacial score (nSPS) is 16.1. The first-order valence-corrected chi connectivity index (χ1v) is 6.37. The van der Waals surface area contributed by atoms with E-state index in [4.69, 9.17) is 5.11 Å². The van der Waals surface area contributed by atoms with Crippen LogP contribution in [0.1, 0.15) is 6.92 Å². The Morgan fingerprint density at radius 3 is 2.71 bits per heavy atom. The number of hydrogen-bond donors (Lipinski definition) is 1. The molecule has 3 nitrogen and oxygen atoms in total. The molecular weight excluding hydrogens is 220 g/mol. The maximum absolute atomic E-state index is 12.0. The van der Waals surface area contributed by atoms with E-state index < -0.39 is 21.2 Å². The number of hydrogen-bond acceptors (Lipinski definition) is 4. The van der Waals surface area contributed by atoms with Gasteiger partial charge < -0.3 is 5.11 Å². The first kappa shape index (κ1) is 11.4. The van der Waals surface area contributed by atoms with Crippen LogP contribution in [0.5, 0.6) is 0 Å². The molecule has 1 aromatic rings. The fourth-order valence-corrected chi connectivity index (χ4v) is 3.71. The average Bonchev–Trinajstić information content (AvgIpc) is 2.69. The number of rotatable bonds is 4. The summed E-state index contributed by atoms with van der Waals surface area (Å²) in [5, 5.41) is 10.8. The molecular formula is C9H12O3S2. The maximum Gasteiger partial charge on any atom is 0.198 e. The highest BCUT2D eigenvalue weighted by Crippen LogP contribution is 2.29. The molecule has 0 bridgehead atoms. The molecule has 0 aliphatic rings. The van der Waals surface area contributed by atoms with Gasteiger partial charge in [0.15, 0.2) is 9.84 Å². The molecule has 1 rings (SSSR count). The summed E-state index contributed by atoms with van der Waals surface area (Å²) in [6.45, 7) is 4.44. The molecule has 78 valence electrons. The van der Waals surface area contributed by atoms with E-state index >= 15 is 0 Å². The molecule has 0 spiro atoms. The second kappa shape index (κ2) is 3.84. The second-order valence-electron chi connectivity index (χ2n) is 3.11. The van der Waals surface area contributed by atoms with Crippen molar-refractivity contribution in [3.63, 3.8) is 0 Å². The van der Waals surface area contributed by atoms with Gasteiger partial charge in [-0.1, -0.05) is 12.1 Å². The second-order valence-corrected chi connectivity index (χ2v) is 6.70. The Hall–Kier alpha value is -0.650. The van der Waals surface area contributed by atoms with Crippen molar-refractivity contribution in [2.75, 3.05) is 6.61 Å². The zero-order valence-electron chi connectivity index (χ0n) is 7.80. The standard InChI is InChI=1S/C9H12O3S2/c1-3-9(2,7-10)14(11,12)8-5-4-6-13-8/h3-6,10H,1,7H2,2H3/t9-/m0/s1. The molecule has 1 atom stereocenters. The Kier molecular flexibility index (Phi) is 3.14. The van der Waals surface area contributed by atoms with Crippen LogP contribution in [0.25, 0.3) is 0 Å². The summed E-state index contributed by atoms with van der Waals surface area (Å²) in [6.07, 6.45) is 1.27. The van der Waals surface area contributed by atoms with Crippen LogP contribution >= 0.6 is 11.3 Å². The van der Waals surface area contributed by atoms with Crippen molar-refractivity contribution < 1.29 is 13.5 Å². The van der Waals surface area contributed by atoms with Gasteiger partial charge in [-0.25, -0.2) is 8.42 Å². The fraction of sp³-hybridized carbons (Fsp3) is 0.333. The highest BCUT2D eigenvalue weighted by molar-refractivity contribution is 7.95. The summed E-state index contributed by atoms with van der Waals surface area (Å²) >= 11 is 1.14. The van der Waals surface area contributed by atoms with Crippen LogP contribution < -0.4 is 0 Å². The molecule has 0 radical (unpaired) electrons. The molecule has 5 heteroatoms. The Labute approximate surface area is 87.6 Å². The first-order chi connectivity index (χ1) is 6.48. The Morgan fingerprint density at radius 2 is 2.36 bits per heavy atom. The van der Waals surface area contributed by atoms with E-state index in [0.29, 0.717) is 0 Å². The summed E-state index contributed by atoms with van der Waals surface area (Å²) < 4.78 is 22.9. The molecule has 0 aliphatic heterocycles. The minimum Gasteiger partial charge on any atom is -0.394 e. The van der Waals surface area contributed by atoms with Gasteiger partial charge in [-0.3, -0.25) is 0 Å². The van der Waals surface area contributed by atoms with Crippen LogP contribution in [0, 0.1) is 0 Å². The molecule has 14 heavy (non-hydrogen) atoms. The van der Waals surface area contributed by atoms with E-state index in [2.05, 4.69) is 6.58 Å². The summed E-state index contributed by atoms with van der Waals surface area (Å²) in [4.78, 5) is 0. The van der Waals surface area contributed by atoms with Crippen molar-refractivity contribution >= 4 is 21.2 Å². The lowest BCUT2D eigenvalue weighted by atomic mass is 10.2. The largest absolute Gasteiger partial charge is 0.394 e. The molecule has 0 saturated carbocycles. The topological polar surface area (TPSA) is 54.4 Å². The van der Waals surface area contributed by atoms with E-state index in [1.54, 1.807) is 11.4 Å². The fourth-order valence-electron chi connectivity index (χ4n) is 0.905. The average molecular weight is 232 g/mol. The maximum atomic E-state index is 12.0. The van der Waals surface area contributed by atoms with Gasteiger partial charge in [0, 0.05) is 0 Å². The number of sulfone groups is 1. The van der Waals surface area contributed by atoms with Crippen LogP contribution in [0.2, 0.25) is 0 Å². The summed E-state index contributed by atoms with van der Waals surface area (Å²) in [5.41, 5.74) is 0. The van der Waals surface area contributed by atoms with Gasteiger partial charge in [0.05, 0.1) is 6.61 Å². The predicted octanol–water partition coefficient (Wildman–Crippen LogP) is 1.46. The van der Waals surface area contributed by atoms with Crippen molar-refractivity contribution in [3.05, 3.63) is 30.2 Å². The van der Waals surface area contributed by atoms with Gasteiger partial charge in [-0.15, -0.1) is 17.9 Å². The summed E-state index contributed by atoms with van der Waals surface area (Å²) in [5.74, 6) is 0. The highest BCUT2D eigenvalue weighted by atomic mass is 32.2. The van der Waals surface area contributed by atoms with Gasteiger partial charge in [-0.05, 0) is 18.4 Å². The zero-order valence-corrected chi connectivity index (χ0v) is 9.44. The predicted molar refractivity (Wildman–Crippen MR) is 57.2 cm³/mol. The molecule has 0 aliphatic carbocycles. The lowest BCUT2D eigenvalue weighted by molar-refractivity contribution is 0.270. The Morgan fingerprint density at radius 1 is 1.71 bits per heavy atom. The van der Waals surface area contributed by atoms with Crippen LogP contribution in [-0.2, 0) is 9.84 Å². The van der Waals surface area contributed by atoms with Crippen molar-refractivity contribution in [2.24, 2.45) is 0 Å². The molecule has 1 N–H and O–H groups in total. The van der Waals surface area contributed by atoms with E-state index in [0.717, 1.165) is 11.3 Å². The molecule has 0 amide bonds. The third kappa shape index (κ3) is 1.63. The lowest BCUT2D eigenvalue weighted by Crippen LogP contribution is -2.36. The summed E-state index contributed by atoms with van der Waals surface area (Å²) in [7, 11) is -3.51. The highest BCUT2D eigenvalue weighted by Gasteiger charge is 2.37. The van der Waals surface area contributed by atoms with Gasteiger partial charge in [-0.2, -0.15) is 0 Å². The molecule has 0 unspecified atom stereocenters. The quantitative estimate of drug-likeness (QED) is 0.800. The lowest BCUT2D eigenvalue weighted by Gasteiger charge is -2.21. The third-order valence-corrected chi connectivity index (χ3v) is 5.92. The van der Waals surface area contributed by atoms with Crippen molar-refractivity contribution in [1.29, 1.82) is 0 Å². The van der Waals surface area contributed by atoms with Crippen molar-refractivity contribution in [1.82, 2.24) is 0 Å². The van der Waals surface area contributed by atoms with Gasteiger partial charge >= 0.3 is 0 Å². The monoisotopic (exact) mass is 232 g/mol. The van der Waals surface area contributed by atoms with E-state index in [9.17, 15) is 8.42 Å². The van der Waals surface area contributed by atoms with E-state index in [-0.39, 0.29) is 4.21 Å². The smallest absolute Gasteiger partial charge is 0.198 e.